The van der Waals surface area contributed by atoms with Crippen LogP contribution in [0.2, 0.25) is 0 Å². The van der Waals surface area contributed by atoms with Gasteiger partial charge in [-0.2, -0.15) is 9.40 Å². The quantitative estimate of drug-likeness (QED) is 0.853. The third kappa shape index (κ3) is 2.44. The Morgan fingerprint density at radius 1 is 1.12 bits per heavy atom. The Bertz CT molecular complexity index is 405. The van der Waals surface area contributed by atoms with E-state index in [1.807, 2.05) is 0 Å². The van der Waals surface area contributed by atoms with E-state index in [4.69, 9.17) is 0 Å². The Morgan fingerprint density at radius 2 is 1.75 bits per heavy atom. The van der Waals surface area contributed by atoms with E-state index in [1.54, 1.807) is 4.31 Å². The molecule has 0 spiro atoms. The smallest absolute Gasteiger partial charge is 0.246 e. The van der Waals surface area contributed by atoms with Crippen molar-refractivity contribution in [1.29, 1.82) is 0 Å². The number of aromatic nitrogens is 2. The minimum Gasteiger partial charge on any atom is -0.284 e. The fraction of sp³-hybridized carbons (Fsp3) is 0.700. The van der Waals surface area contributed by atoms with Gasteiger partial charge in [-0.05, 0) is 12.8 Å². The third-order valence-corrected chi connectivity index (χ3v) is 4.79. The van der Waals surface area contributed by atoms with Crippen molar-refractivity contribution in [2.24, 2.45) is 0 Å². The maximum atomic E-state index is 12.2. The number of rotatable bonds is 2. The van der Waals surface area contributed by atoms with E-state index < -0.39 is 10.0 Å². The maximum Gasteiger partial charge on any atom is 0.246 e. The minimum atomic E-state index is -3.32. The average molecular weight is 243 g/mol. The number of nitrogens with zero attached hydrogens (tertiary/aromatic N) is 2. The molecule has 1 N–H and O–H groups in total. The molecule has 0 radical (unpaired) electrons. The van der Waals surface area contributed by atoms with Gasteiger partial charge in [0.1, 0.15) is 4.90 Å². The molecule has 0 aromatic carbocycles. The molecule has 1 aromatic rings. The van der Waals surface area contributed by atoms with Crippen molar-refractivity contribution in [2.75, 3.05) is 13.1 Å². The number of H-pyrrole nitrogens is 1. The molecule has 16 heavy (non-hydrogen) atoms. The summed E-state index contributed by atoms with van der Waals surface area (Å²) in [4.78, 5) is 0.271. The molecule has 6 heteroatoms. The molecule has 1 aliphatic rings. The molecule has 0 atom stereocenters. The first-order valence-electron chi connectivity index (χ1n) is 5.70. The predicted octanol–water partition coefficient (Wildman–Crippen LogP) is 1.36. The zero-order valence-electron chi connectivity index (χ0n) is 9.22. The van der Waals surface area contributed by atoms with E-state index in [0.29, 0.717) is 13.1 Å². The topological polar surface area (TPSA) is 66.1 Å². The zero-order valence-corrected chi connectivity index (χ0v) is 10.0. The van der Waals surface area contributed by atoms with Crippen LogP contribution >= 0.6 is 0 Å². The second-order valence-electron chi connectivity index (χ2n) is 4.11. The Morgan fingerprint density at radius 3 is 2.31 bits per heavy atom. The highest BCUT2D eigenvalue weighted by Crippen LogP contribution is 2.18. The monoisotopic (exact) mass is 243 g/mol. The van der Waals surface area contributed by atoms with Crippen LogP contribution in [0.25, 0.3) is 0 Å². The van der Waals surface area contributed by atoms with Gasteiger partial charge in [0.25, 0.3) is 0 Å². The highest BCUT2D eigenvalue weighted by Gasteiger charge is 2.25. The summed E-state index contributed by atoms with van der Waals surface area (Å²) >= 11 is 0. The maximum absolute atomic E-state index is 12.2. The lowest BCUT2D eigenvalue weighted by Gasteiger charge is -2.23. The van der Waals surface area contributed by atoms with E-state index >= 15 is 0 Å². The number of aromatic amines is 1. The summed E-state index contributed by atoms with van der Waals surface area (Å²) in [6.07, 6.45) is 8.19. The highest BCUT2D eigenvalue weighted by molar-refractivity contribution is 7.89. The molecule has 1 aromatic heterocycles. The molecule has 5 nitrogen and oxygen atoms in total. The normalized spacial score (nSPS) is 20.2. The SMILES string of the molecule is O=S(=O)(c1cn[nH]c1)N1CCCCCCC1. The molecule has 0 bridgehead atoms. The van der Waals surface area contributed by atoms with E-state index in [9.17, 15) is 8.42 Å². The van der Waals surface area contributed by atoms with Crippen LogP contribution in [0, 0.1) is 0 Å². The van der Waals surface area contributed by atoms with Gasteiger partial charge in [-0.1, -0.05) is 19.3 Å². The van der Waals surface area contributed by atoms with E-state index in [-0.39, 0.29) is 4.90 Å². The Labute approximate surface area is 95.9 Å². The third-order valence-electron chi connectivity index (χ3n) is 2.93. The molecule has 0 amide bonds. The van der Waals surface area contributed by atoms with Crippen LogP contribution in [0.4, 0.5) is 0 Å². The largest absolute Gasteiger partial charge is 0.284 e. The summed E-state index contributed by atoms with van der Waals surface area (Å²) in [7, 11) is -3.32. The molecule has 2 heterocycles. The molecule has 0 saturated carbocycles. The molecule has 0 unspecified atom stereocenters. The van der Waals surface area contributed by atoms with Crippen LogP contribution in [-0.4, -0.2) is 36.0 Å². The standard InChI is InChI=1S/C10H17N3O2S/c14-16(15,10-8-11-12-9-10)13-6-4-2-1-3-5-7-13/h8-9H,1-7H2,(H,11,12). The summed E-state index contributed by atoms with van der Waals surface area (Å²) in [6, 6.07) is 0. The molecule has 1 saturated heterocycles. The van der Waals surface area contributed by atoms with Crippen LogP contribution in [-0.2, 0) is 10.0 Å². The molecule has 2 rings (SSSR count). The number of nitrogens with one attached hydrogen (secondary N) is 1. The average Bonchev–Trinajstić information content (AvgIpc) is 2.68. The van der Waals surface area contributed by atoms with Gasteiger partial charge in [-0.15, -0.1) is 0 Å². The van der Waals surface area contributed by atoms with Crippen LogP contribution in [0.5, 0.6) is 0 Å². The molecule has 0 aliphatic carbocycles. The van der Waals surface area contributed by atoms with Crippen molar-refractivity contribution < 1.29 is 8.42 Å². The van der Waals surface area contributed by atoms with Gasteiger partial charge in [0.15, 0.2) is 0 Å². The lowest BCUT2D eigenvalue weighted by atomic mass is 10.1. The Balaban J connectivity index is 2.15. The van der Waals surface area contributed by atoms with Gasteiger partial charge in [-0.25, -0.2) is 8.42 Å². The lowest BCUT2D eigenvalue weighted by Crippen LogP contribution is -2.33. The van der Waals surface area contributed by atoms with Crippen LogP contribution in [0.1, 0.15) is 32.1 Å². The fourth-order valence-corrected chi connectivity index (χ4v) is 3.41. The Hall–Kier alpha value is -0.880. The summed E-state index contributed by atoms with van der Waals surface area (Å²) in [5.41, 5.74) is 0. The zero-order chi connectivity index (χ0) is 11.4. The second kappa shape index (κ2) is 4.97. The van der Waals surface area contributed by atoms with Gasteiger partial charge >= 0.3 is 0 Å². The fourth-order valence-electron chi connectivity index (χ4n) is 1.99. The first-order chi connectivity index (χ1) is 7.71. The summed E-state index contributed by atoms with van der Waals surface area (Å²) in [6.45, 7) is 1.26. The predicted molar refractivity (Wildman–Crippen MR) is 60.4 cm³/mol. The number of hydrogen-bond donors (Lipinski definition) is 1. The van der Waals surface area contributed by atoms with Gasteiger partial charge in [-0.3, -0.25) is 5.10 Å². The van der Waals surface area contributed by atoms with E-state index in [0.717, 1.165) is 25.7 Å². The summed E-state index contributed by atoms with van der Waals surface area (Å²) in [5, 5.41) is 6.24. The van der Waals surface area contributed by atoms with Gasteiger partial charge in [0.2, 0.25) is 10.0 Å². The van der Waals surface area contributed by atoms with Crippen molar-refractivity contribution in [1.82, 2.24) is 14.5 Å². The van der Waals surface area contributed by atoms with Gasteiger partial charge in [0, 0.05) is 19.3 Å². The van der Waals surface area contributed by atoms with Crippen molar-refractivity contribution in [3.05, 3.63) is 12.4 Å². The van der Waals surface area contributed by atoms with Crippen LogP contribution < -0.4 is 0 Å². The van der Waals surface area contributed by atoms with Crippen molar-refractivity contribution in [3.63, 3.8) is 0 Å². The molecular formula is C10H17N3O2S. The second-order valence-corrected chi connectivity index (χ2v) is 6.04. The molecule has 90 valence electrons. The minimum absolute atomic E-state index is 0.271. The van der Waals surface area contributed by atoms with Crippen molar-refractivity contribution in [2.45, 2.75) is 37.0 Å². The number of hydrogen-bond acceptors (Lipinski definition) is 3. The highest BCUT2D eigenvalue weighted by atomic mass is 32.2. The molecule has 1 aliphatic heterocycles. The first-order valence-corrected chi connectivity index (χ1v) is 7.14. The Kier molecular flexibility index (Phi) is 3.60. The summed E-state index contributed by atoms with van der Waals surface area (Å²) < 4.78 is 25.9. The van der Waals surface area contributed by atoms with Crippen molar-refractivity contribution in [3.8, 4) is 0 Å². The van der Waals surface area contributed by atoms with Crippen LogP contribution in [0.3, 0.4) is 0 Å². The number of sulfonamides is 1. The summed E-state index contributed by atoms with van der Waals surface area (Å²) in [5.74, 6) is 0. The van der Waals surface area contributed by atoms with Crippen LogP contribution in [0.15, 0.2) is 17.3 Å². The van der Waals surface area contributed by atoms with Gasteiger partial charge < -0.3 is 0 Å². The molecular weight excluding hydrogens is 226 g/mol. The van der Waals surface area contributed by atoms with E-state index in [1.165, 1.54) is 18.8 Å². The van der Waals surface area contributed by atoms with E-state index in [2.05, 4.69) is 10.2 Å². The van der Waals surface area contributed by atoms with Gasteiger partial charge in [0.05, 0.1) is 6.20 Å². The molecule has 1 fully saturated rings. The first kappa shape index (κ1) is 11.6. The van der Waals surface area contributed by atoms with Crippen molar-refractivity contribution >= 4 is 10.0 Å². The lowest BCUT2D eigenvalue weighted by molar-refractivity contribution is 0.364.